The molecule has 0 bridgehead atoms. The molecule has 0 aliphatic heterocycles. The van der Waals surface area contributed by atoms with Crippen molar-refractivity contribution in [2.45, 2.75) is 58.8 Å². The average molecular weight is 419 g/mol. The molecular weight excluding hydrogens is 388 g/mol. The highest BCUT2D eigenvalue weighted by Crippen LogP contribution is 2.28. The molecule has 158 valence electrons. The number of nitrogens with zero attached hydrogens (tertiary/aromatic N) is 3. The average Bonchev–Trinajstić information content (AvgIpc) is 2.71. The fourth-order valence-electron chi connectivity index (χ4n) is 2.81. The second-order valence-corrected chi connectivity index (χ2v) is 7.07. The summed E-state index contributed by atoms with van der Waals surface area (Å²) < 4.78 is 12.8. The largest absolute Gasteiger partial charge is 0.490 e. The molecule has 1 N–H and O–H groups in total. The number of unbranched alkanes of at least 4 members (excludes halogenated alkanes) is 6. The minimum Gasteiger partial charge on any atom is -0.490 e. The molecule has 2 rings (SSSR count). The van der Waals surface area contributed by atoms with Gasteiger partial charge in [0.05, 0.1) is 19.4 Å². The van der Waals surface area contributed by atoms with E-state index in [2.05, 4.69) is 22.2 Å². The van der Waals surface area contributed by atoms with Crippen LogP contribution in [0, 0.1) is 4.77 Å². The number of hydrogen-bond acceptors (Lipinski definition) is 6. The lowest BCUT2D eigenvalue weighted by molar-refractivity contribution is 0.270. The van der Waals surface area contributed by atoms with Crippen LogP contribution >= 0.6 is 12.2 Å². The van der Waals surface area contributed by atoms with Gasteiger partial charge in [0.1, 0.15) is 6.20 Å². The molecule has 0 spiro atoms. The van der Waals surface area contributed by atoms with Crippen LogP contribution in [-0.4, -0.2) is 34.3 Å². The fraction of sp³-hybridized carbons (Fsp3) is 0.524. The van der Waals surface area contributed by atoms with E-state index in [-0.39, 0.29) is 4.77 Å². The number of rotatable bonds is 13. The predicted octanol–water partition coefficient (Wildman–Crippen LogP) is 4.71. The minimum atomic E-state index is -0.398. The molecule has 0 fully saturated rings. The van der Waals surface area contributed by atoms with E-state index < -0.39 is 5.56 Å². The van der Waals surface area contributed by atoms with Gasteiger partial charge in [0.25, 0.3) is 5.56 Å². The Balaban J connectivity index is 1.95. The standard InChI is InChI=1S/C21H30N4O3S/c1-3-5-6-7-8-9-10-13-28-18-12-11-17(14-19(18)27-4-2)15-23-25-20(26)16-22-24-21(25)29/h11-12,14-16H,3-10,13H2,1-2H3,(H,24,29)/b23-15-. The zero-order valence-electron chi connectivity index (χ0n) is 17.2. The van der Waals surface area contributed by atoms with Gasteiger partial charge in [0.15, 0.2) is 11.5 Å². The molecule has 0 unspecified atom stereocenters. The first kappa shape index (κ1) is 22.8. The summed E-state index contributed by atoms with van der Waals surface area (Å²) in [7, 11) is 0. The Bertz CT molecular complexity index is 864. The Morgan fingerprint density at radius 2 is 1.86 bits per heavy atom. The van der Waals surface area contributed by atoms with Crippen molar-refractivity contribution in [2.75, 3.05) is 13.2 Å². The summed E-state index contributed by atoms with van der Waals surface area (Å²) in [5.74, 6) is 1.37. The van der Waals surface area contributed by atoms with Gasteiger partial charge in [-0.25, -0.2) is 0 Å². The lowest BCUT2D eigenvalue weighted by Gasteiger charge is -2.12. The first-order chi connectivity index (χ1) is 14.2. The zero-order chi connectivity index (χ0) is 20.9. The normalized spacial score (nSPS) is 11.1. The van der Waals surface area contributed by atoms with Crippen LogP contribution in [0.5, 0.6) is 11.5 Å². The molecule has 1 aromatic heterocycles. The van der Waals surface area contributed by atoms with E-state index in [0.29, 0.717) is 24.7 Å². The van der Waals surface area contributed by atoms with Crippen LogP contribution in [0.25, 0.3) is 0 Å². The van der Waals surface area contributed by atoms with Gasteiger partial charge < -0.3 is 9.47 Å². The van der Waals surface area contributed by atoms with Gasteiger partial charge in [-0.3, -0.25) is 9.89 Å². The summed E-state index contributed by atoms with van der Waals surface area (Å²) in [5.41, 5.74) is 0.375. The highest BCUT2D eigenvalue weighted by molar-refractivity contribution is 7.71. The SMILES string of the molecule is CCCCCCCCCOc1ccc(/C=N\n2c(=O)cn[nH]c2=S)cc1OCC. The van der Waals surface area contributed by atoms with Crippen molar-refractivity contribution >= 4 is 18.4 Å². The molecule has 0 aliphatic carbocycles. The van der Waals surface area contributed by atoms with Crippen LogP contribution in [0.2, 0.25) is 0 Å². The monoisotopic (exact) mass is 418 g/mol. The lowest BCUT2D eigenvalue weighted by atomic mass is 10.1. The molecular formula is C21H30N4O3S. The summed E-state index contributed by atoms with van der Waals surface area (Å²) >= 11 is 5.03. The highest BCUT2D eigenvalue weighted by atomic mass is 32.1. The molecule has 29 heavy (non-hydrogen) atoms. The quantitative estimate of drug-likeness (QED) is 0.289. The molecule has 0 saturated heterocycles. The molecule has 8 heteroatoms. The smallest absolute Gasteiger partial charge is 0.293 e. The number of nitrogens with one attached hydrogen (secondary N) is 1. The number of H-pyrrole nitrogens is 1. The van der Waals surface area contributed by atoms with E-state index in [1.807, 2.05) is 25.1 Å². The first-order valence-electron chi connectivity index (χ1n) is 10.3. The van der Waals surface area contributed by atoms with Crippen molar-refractivity contribution in [3.8, 4) is 11.5 Å². The van der Waals surface area contributed by atoms with Gasteiger partial charge in [0.2, 0.25) is 4.77 Å². The van der Waals surface area contributed by atoms with Crippen molar-refractivity contribution < 1.29 is 9.47 Å². The van der Waals surface area contributed by atoms with Crippen LogP contribution in [0.4, 0.5) is 0 Å². The van der Waals surface area contributed by atoms with E-state index in [1.54, 1.807) is 6.21 Å². The maximum Gasteiger partial charge on any atom is 0.293 e. The molecule has 0 saturated carbocycles. The van der Waals surface area contributed by atoms with Crippen molar-refractivity contribution in [1.29, 1.82) is 0 Å². The van der Waals surface area contributed by atoms with E-state index in [9.17, 15) is 4.79 Å². The van der Waals surface area contributed by atoms with E-state index >= 15 is 0 Å². The lowest BCUT2D eigenvalue weighted by Crippen LogP contribution is -2.18. The second kappa shape index (κ2) is 12.9. The molecule has 0 aliphatic rings. The van der Waals surface area contributed by atoms with E-state index in [4.69, 9.17) is 21.7 Å². The van der Waals surface area contributed by atoms with Crippen LogP contribution in [0.15, 0.2) is 34.3 Å². The minimum absolute atomic E-state index is 0.133. The van der Waals surface area contributed by atoms with Crippen LogP contribution in [0.1, 0.15) is 64.4 Å². The number of ether oxygens (including phenoxy) is 2. The highest BCUT2D eigenvalue weighted by Gasteiger charge is 2.06. The molecule has 7 nitrogen and oxygen atoms in total. The maximum atomic E-state index is 11.8. The Hall–Kier alpha value is -2.48. The van der Waals surface area contributed by atoms with Crippen LogP contribution in [-0.2, 0) is 0 Å². The van der Waals surface area contributed by atoms with E-state index in [1.165, 1.54) is 38.5 Å². The molecule has 0 atom stereocenters. The molecule has 2 aromatic rings. The number of benzene rings is 1. The van der Waals surface area contributed by atoms with Gasteiger partial charge in [-0.1, -0.05) is 45.4 Å². The predicted molar refractivity (Wildman–Crippen MR) is 118 cm³/mol. The molecule has 0 amide bonds. The third-order valence-electron chi connectivity index (χ3n) is 4.33. The van der Waals surface area contributed by atoms with Gasteiger partial charge in [0, 0.05) is 0 Å². The van der Waals surface area contributed by atoms with E-state index in [0.717, 1.165) is 22.9 Å². The Kier molecular flexibility index (Phi) is 10.1. The van der Waals surface area contributed by atoms with Crippen LogP contribution in [0.3, 0.4) is 0 Å². The van der Waals surface area contributed by atoms with Gasteiger partial charge in [-0.2, -0.15) is 14.9 Å². The third kappa shape index (κ3) is 7.81. The van der Waals surface area contributed by atoms with Crippen molar-refractivity contribution in [3.05, 3.63) is 45.1 Å². The summed E-state index contributed by atoms with van der Waals surface area (Å²) in [6, 6.07) is 5.57. The summed E-state index contributed by atoms with van der Waals surface area (Å²) in [6.45, 7) is 5.36. The van der Waals surface area contributed by atoms with Crippen LogP contribution < -0.4 is 15.0 Å². The van der Waals surface area contributed by atoms with Gasteiger partial charge in [-0.05, 0) is 49.3 Å². The van der Waals surface area contributed by atoms with Gasteiger partial charge >= 0.3 is 0 Å². The first-order valence-corrected chi connectivity index (χ1v) is 10.7. The van der Waals surface area contributed by atoms with Crippen molar-refractivity contribution in [2.24, 2.45) is 5.10 Å². The Morgan fingerprint density at radius 1 is 1.10 bits per heavy atom. The van der Waals surface area contributed by atoms with Crippen molar-refractivity contribution in [3.63, 3.8) is 0 Å². The number of aromatic amines is 1. The summed E-state index contributed by atoms with van der Waals surface area (Å²) in [6.07, 6.45) is 11.4. The molecule has 1 heterocycles. The molecule has 1 aromatic carbocycles. The number of hydrogen-bond donors (Lipinski definition) is 1. The zero-order valence-corrected chi connectivity index (χ0v) is 18.0. The van der Waals surface area contributed by atoms with Crippen molar-refractivity contribution in [1.82, 2.24) is 14.9 Å². The maximum absolute atomic E-state index is 11.8. The fourth-order valence-corrected chi connectivity index (χ4v) is 3.00. The second-order valence-electron chi connectivity index (χ2n) is 6.68. The Labute approximate surface area is 176 Å². The third-order valence-corrected chi connectivity index (χ3v) is 4.60. The summed E-state index contributed by atoms with van der Waals surface area (Å²) in [4.78, 5) is 11.8. The Morgan fingerprint density at radius 3 is 2.59 bits per heavy atom. The number of aromatic nitrogens is 3. The topological polar surface area (TPSA) is 81.5 Å². The van der Waals surface area contributed by atoms with Gasteiger partial charge in [-0.15, -0.1) is 0 Å². The molecule has 0 radical (unpaired) electrons. The summed E-state index contributed by atoms with van der Waals surface area (Å²) in [5, 5.41) is 10.3.